The van der Waals surface area contributed by atoms with Gasteiger partial charge in [0.1, 0.15) is 16.8 Å². The topological polar surface area (TPSA) is 79.4 Å². The SMILES string of the molecule is Cc1c(/C=C(\C#N)S(=O)(=O)c2ccc(Cl)cc2)c2ccccn2c1C(=O)c1ccc(F)cc1. The number of nitrogens with zero attached hydrogens (tertiary/aromatic N) is 2. The van der Waals surface area contributed by atoms with Crippen LogP contribution >= 0.6 is 11.6 Å². The lowest BCUT2D eigenvalue weighted by Crippen LogP contribution is -2.07. The van der Waals surface area contributed by atoms with Crippen LogP contribution < -0.4 is 0 Å². The fourth-order valence-corrected chi connectivity index (χ4v) is 4.87. The molecule has 0 atom stereocenters. The van der Waals surface area contributed by atoms with Crippen LogP contribution in [0.5, 0.6) is 0 Å². The van der Waals surface area contributed by atoms with Gasteiger partial charge in [0, 0.05) is 22.3 Å². The molecule has 4 aromatic rings. The number of allylic oxidation sites excluding steroid dienone is 1. The summed E-state index contributed by atoms with van der Waals surface area (Å²) in [6.45, 7) is 1.68. The summed E-state index contributed by atoms with van der Waals surface area (Å²) in [5.41, 5.74) is 2.06. The minimum absolute atomic E-state index is 0.0662. The third-order valence-electron chi connectivity index (χ3n) is 5.26. The molecule has 0 radical (unpaired) electrons. The second-order valence-corrected chi connectivity index (χ2v) is 9.61. The van der Waals surface area contributed by atoms with Crippen LogP contribution in [0.4, 0.5) is 4.39 Å². The van der Waals surface area contributed by atoms with Crippen LogP contribution in [-0.4, -0.2) is 18.6 Å². The van der Waals surface area contributed by atoms with E-state index in [1.807, 2.05) is 0 Å². The van der Waals surface area contributed by atoms with Crippen LogP contribution in [0.15, 0.2) is 82.7 Å². The predicted octanol–water partition coefficient (Wildman–Crippen LogP) is 5.61. The Morgan fingerprint density at radius 1 is 1.06 bits per heavy atom. The molecular formula is C25H16ClFN2O3S. The van der Waals surface area contributed by atoms with Gasteiger partial charge in [0.15, 0.2) is 0 Å². The first-order chi connectivity index (χ1) is 15.7. The van der Waals surface area contributed by atoms with E-state index < -0.39 is 20.6 Å². The second kappa shape index (κ2) is 8.66. The van der Waals surface area contributed by atoms with Crippen molar-refractivity contribution in [3.63, 3.8) is 0 Å². The molecule has 4 rings (SSSR count). The summed E-state index contributed by atoms with van der Waals surface area (Å²) in [7, 11) is -4.11. The quantitative estimate of drug-likeness (QED) is 0.276. The van der Waals surface area contributed by atoms with E-state index in [9.17, 15) is 22.9 Å². The van der Waals surface area contributed by atoms with E-state index in [1.54, 1.807) is 41.8 Å². The largest absolute Gasteiger partial charge is 0.313 e. The number of sulfone groups is 1. The van der Waals surface area contributed by atoms with E-state index in [0.717, 1.165) is 0 Å². The van der Waals surface area contributed by atoms with Crippen molar-refractivity contribution in [2.24, 2.45) is 0 Å². The van der Waals surface area contributed by atoms with Gasteiger partial charge >= 0.3 is 0 Å². The van der Waals surface area contributed by atoms with Crippen LogP contribution in [-0.2, 0) is 9.84 Å². The first-order valence-corrected chi connectivity index (χ1v) is 11.6. The van der Waals surface area contributed by atoms with E-state index in [4.69, 9.17) is 11.6 Å². The summed E-state index contributed by atoms with van der Waals surface area (Å²) in [5.74, 6) is -0.814. The molecule has 0 bridgehead atoms. The van der Waals surface area contributed by atoms with E-state index >= 15 is 0 Å². The third kappa shape index (κ3) is 4.07. The zero-order valence-corrected chi connectivity index (χ0v) is 18.9. The normalized spacial score (nSPS) is 12.0. The molecule has 2 aromatic carbocycles. The number of carbonyl (C=O) groups excluding carboxylic acids is 1. The highest BCUT2D eigenvalue weighted by Crippen LogP contribution is 2.30. The molecule has 0 saturated heterocycles. The molecule has 2 heterocycles. The summed E-state index contributed by atoms with van der Waals surface area (Å²) in [4.78, 5) is 12.7. The predicted molar refractivity (Wildman–Crippen MR) is 124 cm³/mol. The lowest BCUT2D eigenvalue weighted by Gasteiger charge is -2.04. The average molecular weight is 479 g/mol. The van der Waals surface area contributed by atoms with Gasteiger partial charge in [-0.05, 0) is 79.2 Å². The lowest BCUT2D eigenvalue weighted by atomic mass is 10.0. The summed E-state index contributed by atoms with van der Waals surface area (Å²) in [5, 5.41) is 10.1. The molecule has 0 saturated carbocycles. The maximum Gasteiger partial charge on any atom is 0.216 e. The maximum absolute atomic E-state index is 13.3. The zero-order valence-electron chi connectivity index (χ0n) is 17.3. The molecule has 0 aliphatic rings. The van der Waals surface area contributed by atoms with Crippen molar-refractivity contribution in [2.75, 3.05) is 0 Å². The Balaban J connectivity index is 1.91. The number of aromatic nitrogens is 1. The minimum atomic E-state index is -4.11. The van der Waals surface area contributed by atoms with Gasteiger partial charge in [0.05, 0.1) is 16.1 Å². The lowest BCUT2D eigenvalue weighted by molar-refractivity contribution is 0.103. The Labute approximate surface area is 194 Å². The van der Waals surface area contributed by atoms with Crippen molar-refractivity contribution < 1.29 is 17.6 Å². The molecule has 0 unspecified atom stereocenters. The Kier molecular flexibility index (Phi) is 5.90. The summed E-state index contributed by atoms with van der Waals surface area (Å²) >= 11 is 5.85. The second-order valence-electron chi connectivity index (χ2n) is 7.26. The highest BCUT2D eigenvalue weighted by molar-refractivity contribution is 7.95. The number of nitriles is 1. The molecule has 0 aliphatic heterocycles. The summed E-state index contributed by atoms with van der Waals surface area (Å²) < 4.78 is 41.1. The van der Waals surface area contributed by atoms with E-state index in [2.05, 4.69) is 0 Å². The van der Waals surface area contributed by atoms with Crippen molar-refractivity contribution in [3.05, 3.63) is 111 Å². The average Bonchev–Trinajstić information content (AvgIpc) is 3.08. The van der Waals surface area contributed by atoms with Gasteiger partial charge in [0.25, 0.3) is 0 Å². The first kappa shape index (κ1) is 22.5. The van der Waals surface area contributed by atoms with Crippen LogP contribution in [0.1, 0.15) is 27.2 Å². The number of rotatable bonds is 5. The molecule has 0 aliphatic carbocycles. The third-order valence-corrected chi connectivity index (χ3v) is 7.19. The Morgan fingerprint density at radius 2 is 1.73 bits per heavy atom. The fraction of sp³-hybridized carbons (Fsp3) is 0.0400. The fourth-order valence-electron chi connectivity index (χ4n) is 3.60. The first-order valence-electron chi connectivity index (χ1n) is 9.76. The molecule has 0 amide bonds. The zero-order chi connectivity index (χ0) is 23.8. The highest BCUT2D eigenvalue weighted by atomic mass is 35.5. The van der Waals surface area contributed by atoms with Crippen LogP contribution in [0.3, 0.4) is 0 Å². The van der Waals surface area contributed by atoms with Crippen molar-refractivity contribution in [1.29, 1.82) is 5.26 Å². The molecule has 0 fully saturated rings. The monoisotopic (exact) mass is 478 g/mol. The summed E-state index contributed by atoms with van der Waals surface area (Å²) in [6, 6.07) is 17.7. The molecule has 2 aromatic heterocycles. The smallest absolute Gasteiger partial charge is 0.216 e. The minimum Gasteiger partial charge on any atom is -0.313 e. The van der Waals surface area contributed by atoms with Crippen LogP contribution in [0, 0.1) is 24.1 Å². The van der Waals surface area contributed by atoms with Crippen LogP contribution in [0.2, 0.25) is 5.02 Å². The van der Waals surface area contributed by atoms with Gasteiger partial charge < -0.3 is 4.40 Å². The number of pyridine rings is 1. The van der Waals surface area contributed by atoms with E-state index in [1.165, 1.54) is 54.6 Å². The molecule has 8 heteroatoms. The van der Waals surface area contributed by atoms with Gasteiger partial charge in [-0.3, -0.25) is 4.79 Å². The Bertz CT molecular complexity index is 1560. The number of hydrogen-bond donors (Lipinski definition) is 0. The van der Waals surface area contributed by atoms with Crippen molar-refractivity contribution in [2.45, 2.75) is 11.8 Å². The van der Waals surface area contributed by atoms with E-state index in [-0.39, 0.29) is 16.2 Å². The van der Waals surface area contributed by atoms with Gasteiger partial charge in [-0.15, -0.1) is 0 Å². The van der Waals surface area contributed by atoms with Gasteiger partial charge in [-0.25, -0.2) is 12.8 Å². The molecule has 33 heavy (non-hydrogen) atoms. The molecule has 0 spiro atoms. The maximum atomic E-state index is 13.3. The van der Waals surface area contributed by atoms with Crippen LogP contribution in [0.25, 0.3) is 11.6 Å². The number of ketones is 1. The number of carbonyl (C=O) groups is 1. The van der Waals surface area contributed by atoms with Gasteiger partial charge in [-0.2, -0.15) is 5.26 Å². The Hall–Kier alpha value is -3.73. The number of halogens is 2. The van der Waals surface area contributed by atoms with Gasteiger partial charge in [0.2, 0.25) is 15.6 Å². The molecular weight excluding hydrogens is 463 g/mol. The van der Waals surface area contributed by atoms with Crippen molar-refractivity contribution in [1.82, 2.24) is 4.40 Å². The number of fused-ring (bicyclic) bond motifs is 1. The number of hydrogen-bond acceptors (Lipinski definition) is 4. The van der Waals surface area contributed by atoms with Crippen molar-refractivity contribution in [3.8, 4) is 6.07 Å². The van der Waals surface area contributed by atoms with Crippen molar-refractivity contribution >= 4 is 38.8 Å². The number of benzene rings is 2. The Morgan fingerprint density at radius 3 is 2.36 bits per heavy atom. The summed E-state index contributed by atoms with van der Waals surface area (Å²) in [6.07, 6.45) is 2.95. The van der Waals surface area contributed by atoms with E-state index in [0.29, 0.717) is 27.4 Å². The molecule has 5 nitrogen and oxygen atoms in total. The molecule has 164 valence electrons. The standard InChI is InChI=1S/C25H16ClFN2O3S/c1-16-22(14-21(15-28)33(31,32)20-11-7-18(26)8-12-20)23-4-2-3-13-29(23)24(16)25(30)17-5-9-19(27)10-6-17/h2-14H,1H3/b21-14+. The highest BCUT2D eigenvalue weighted by Gasteiger charge is 2.25. The molecule has 0 N–H and O–H groups in total. The van der Waals surface area contributed by atoms with Gasteiger partial charge in [-0.1, -0.05) is 17.7 Å².